The molecule has 0 spiro atoms. The van der Waals surface area contributed by atoms with E-state index in [2.05, 4.69) is 10.3 Å². The van der Waals surface area contributed by atoms with Gasteiger partial charge >= 0.3 is 6.18 Å². The van der Waals surface area contributed by atoms with Gasteiger partial charge in [-0.15, -0.1) is 0 Å². The fourth-order valence-electron chi connectivity index (χ4n) is 5.85. The number of hydrogen-bond donors (Lipinski definition) is 2. The van der Waals surface area contributed by atoms with Gasteiger partial charge in [-0.25, -0.2) is 14.4 Å². The Labute approximate surface area is 214 Å². The molecule has 1 saturated carbocycles. The molecular weight excluding hydrogens is 482 g/mol. The average molecular weight is 514 g/mol. The molecule has 2 aromatic carbocycles. The molecule has 0 bridgehead atoms. The summed E-state index contributed by atoms with van der Waals surface area (Å²) >= 11 is 0. The van der Waals surface area contributed by atoms with E-state index in [-0.39, 0.29) is 12.0 Å². The summed E-state index contributed by atoms with van der Waals surface area (Å²) in [6.07, 6.45) is 2.50. The van der Waals surface area contributed by atoms with Gasteiger partial charge in [0.1, 0.15) is 5.82 Å². The number of anilines is 2. The van der Waals surface area contributed by atoms with Crippen LogP contribution in [0.1, 0.15) is 44.1 Å². The first-order valence-electron chi connectivity index (χ1n) is 12.8. The van der Waals surface area contributed by atoms with E-state index in [1.807, 2.05) is 41.3 Å². The van der Waals surface area contributed by atoms with E-state index >= 15 is 0 Å². The van der Waals surface area contributed by atoms with E-state index in [0.717, 1.165) is 61.9 Å². The molecule has 1 aliphatic carbocycles. The van der Waals surface area contributed by atoms with Crippen LogP contribution >= 0.6 is 0 Å². The van der Waals surface area contributed by atoms with E-state index in [1.54, 1.807) is 6.20 Å². The molecule has 5 nitrogen and oxygen atoms in total. The number of benzene rings is 2. The Morgan fingerprint density at radius 2 is 1.81 bits per heavy atom. The second kappa shape index (κ2) is 10.3. The molecule has 2 aliphatic rings. The van der Waals surface area contributed by atoms with Crippen molar-refractivity contribution in [1.29, 1.82) is 0 Å². The standard InChI is InChI=1S/C28H31F4N5/c29-23-17-21(11-12-22(23)28(30,31)32)37-16-6-9-20(18-37)27(33)14-5-4-10-25(27)36-26-34-15-13-24(35-26)19-7-2-1-3-8-19/h1-3,7-8,11-13,15,17,20,25H,4-6,9-10,14,16,18,33H2,(H,34,35,36)/t20?,25?,27-/m0/s1. The maximum absolute atomic E-state index is 14.3. The minimum Gasteiger partial charge on any atom is -0.371 e. The van der Waals surface area contributed by atoms with Crippen LogP contribution in [0.15, 0.2) is 60.8 Å². The van der Waals surface area contributed by atoms with Crippen molar-refractivity contribution in [3.05, 3.63) is 72.2 Å². The first-order chi connectivity index (χ1) is 17.7. The van der Waals surface area contributed by atoms with Crippen molar-refractivity contribution < 1.29 is 17.6 Å². The van der Waals surface area contributed by atoms with E-state index in [9.17, 15) is 17.6 Å². The van der Waals surface area contributed by atoms with Crippen molar-refractivity contribution in [2.75, 3.05) is 23.3 Å². The third-order valence-corrected chi connectivity index (χ3v) is 7.83. The van der Waals surface area contributed by atoms with Gasteiger partial charge in [0.15, 0.2) is 0 Å². The number of alkyl halides is 3. The fraction of sp³-hybridized carbons (Fsp3) is 0.429. The molecule has 3 aromatic rings. The lowest BCUT2D eigenvalue weighted by Gasteiger charge is -2.50. The smallest absolute Gasteiger partial charge is 0.371 e. The molecule has 3 atom stereocenters. The molecule has 3 N–H and O–H groups in total. The zero-order chi connectivity index (χ0) is 26.0. The lowest BCUT2D eigenvalue weighted by Crippen LogP contribution is -2.64. The van der Waals surface area contributed by atoms with Crippen molar-refractivity contribution in [3.8, 4) is 11.3 Å². The normalized spacial score (nSPS) is 24.6. The molecule has 0 amide bonds. The quantitative estimate of drug-likeness (QED) is 0.394. The highest BCUT2D eigenvalue weighted by molar-refractivity contribution is 5.59. The maximum Gasteiger partial charge on any atom is 0.419 e. The lowest BCUT2D eigenvalue weighted by atomic mass is 9.67. The molecule has 0 radical (unpaired) electrons. The van der Waals surface area contributed by atoms with Crippen LogP contribution in [0.5, 0.6) is 0 Å². The molecule has 196 valence electrons. The van der Waals surface area contributed by atoms with Crippen molar-refractivity contribution >= 4 is 11.6 Å². The Morgan fingerprint density at radius 1 is 1.00 bits per heavy atom. The van der Waals surface area contributed by atoms with Crippen LogP contribution in [-0.2, 0) is 6.18 Å². The third kappa shape index (κ3) is 5.42. The average Bonchev–Trinajstić information content (AvgIpc) is 2.90. The second-order valence-electron chi connectivity index (χ2n) is 10.1. The SMILES string of the molecule is N[C@]1(C2CCCN(c3ccc(C(F)(F)F)c(F)c3)C2)CCCCC1Nc1nccc(-c2ccccc2)n1. The van der Waals surface area contributed by atoms with Gasteiger partial charge in [0, 0.05) is 42.1 Å². The summed E-state index contributed by atoms with van der Waals surface area (Å²) in [6, 6.07) is 14.9. The molecule has 5 rings (SSSR count). The van der Waals surface area contributed by atoms with Gasteiger partial charge in [-0.05, 0) is 55.9 Å². The molecule has 1 saturated heterocycles. The van der Waals surface area contributed by atoms with Crippen molar-refractivity contribution in [3.63, 3.8) is 0 Å². The molecule has 37 heavy (non-hydrogen) atoms. The van der Waals surface area contributed by atoms with E-state index in [0.29, 0.717) is 24.7 Å². The van der Waals surface area contributed by atoms with Crippen molar-refractivity contribution in [2.24, 2.45) is 11.7 Å². The van der Waals surface area contributed by atoms with Gasteiger partial charge in [-0.2, -0.15) is 13.2 Å². The van der Waals surface area contributed by atoms with Crippen LogP contribution in [0.3, 0.4) is 0 Å². The van der Waals surface area contributed by atoms with Crippen LogP contribution in [-0.4, -0.2) is 34.6 Å². The molecule has 2 fully saturated rings. The fourth-order valence-corrected chi connectivity index (χ4v) is 5.85. The minimum atomic E-state index is -4.71. The second-order valence-corrected chi connectivity index (χ2v) is 10.1. The van der Waals surface area contributed by atoms with Crippen LogP contribution in [0, 0.1) is 11.7 Å². The third-order valence-electron chi connectivity index (χ3n) is 7.83. The summed E-state index contributed by atoms with van der Waals surface area (Å²) < 4.78 is 53.4. The number of nitrogens with two attached hydrogens (primary N) is 1. The number of nitrogens with one attached hydrogen (secondary N) is 1. The Balaban J connectivity index is 1.35. The van der Waals surface area contributed by atoms with Crippen molar-refractivity contribution in [1.82, 2.24) is 9.97 Å². The topological polar surface area (TPSA) is 67.1 Å². The molecule has 9 heteroatoms. The number of piperidine rings is 1. The molecule has 2 heterocycles. The van der Waals surface area contributed by atoms with E-state index in [4.69, 9.17) is 10.7 Å². The lowest BCUT2D eigenvalue weighted by molar-refractivity contribution is -0.139. The highest BCUT2D eigenvalue weighted by Crippen LogP contribution is 2.40. The van der Waals surface area contributed by atoms with Gasteiger partial charge in [0.2, 0.25) is 5.95 Å². The maximum atomic E-state index is 14.3. The minimum absolute atomic E-state index is 0.0541. The summed E-state index contributed by atoms with van der Waals surface area (Å²) in [5.74, 6) is -0.635. The van der Waals surface area contributed by atoms with Gasteiger partial charge in [-0.1, -0.05) is 43.2 Å². The Bertz CT molecular complexity index is 1220. The summed E-state index contributed by atoms with van der Waals surface area (Å²) in [5.41, 5.74) is 7.65. The summed E-state index contributed by atoms with van der Waals surface area (Å²) in [6.45, 7) is 1.21. The van der Waals surface area contributed by atoms with Gasteiger partial charge in [0.05, 0.1) is 11.3 Å². The Kier molecular flexibility index (Phi) is 7.07. The van der Waals surface area contributed by atoms with Crippen LogP contribution in [0.2, 0.25) is 0 Å². The molecule has 1 aliphatic heterocycles. The number of halogens is 4. The summed E-state index contributed by atoms with van der Waals surface area (Å²) in [7, 11) is 0. The first kappa shape index (κ1) is 25.4. The Hall–Kier alpha value is -3.20. The highest BCUT2D eigenvalue weighted by Gasteiger charge is 2.45. The number of nitrogens with zero attached hydrogens (tertiary/aromatic N) is 3. The van der Waals surface area contributed by atoms with Crippen LogP contribution < -0.4 is 16.0 Å². The van der Waals surface area contributed by atoms with Gasteiger partial charge < -0.3 is 16.0 Å². The van der Waals surface area contributed by atoms with Crippen LogP contribution in [0.4, 0.5) is 29.2 Å². The monoisotopic (exact) mass is 513 g/mol. The van der Waals surface area contributed by atoms with Gasteiger partial charge in [-0.3, -0.25) is 0 Å². The summed E-state index contributed by atoms with van der Waals surface area (Å²) in [4.78, 5) is 11.1. The number of rotatable bonds is 5. The van der Waals surface area contributed by atoms with Crippen LogP contribution in [0.25, 0.3) is 11.3 Å². The first-order valence-corrected chi connectivity index (χ1v) is 12.8. The van der Waals surface area contributed by atoms with Crippen molar-refractivity contribution in [2.45, 2.75) is 56.3 Å². The summed E-state index contributed by atoms with van der Waals surface area (Å²) in [5, 5.41) is 3.52. The Morgan fingerprint density at radius 3 is 2.57 bits per heavy atom. The predicted molar refractivity (Wildman–Crippen MR) is 137 cm³/mol. The molecule has 1 aromatic heterocycles. The van der Waals surface area contributed by atoms with E-state index < -0.39 is 23.1 Å². The largest absolute Gasteiger partial charge is 0.419 e. The van der Waals surface area contributed by atoms with Gasteiger partial charge in [0.25, 0.3) is 0 Å². The molecular formula is C28H31F4N5. The van der Waals surface area contributed by atoms with E-state index in [1.165, 1.54) is 6.07 Å². The predicted octanol–water partition coefficient (Wildman–Crippen LogP) is 6.27. The highest BCUT2D eigenvalue weighted by atomic mass is 19.4. The number of hydrogen-bond acceptors (Lipinski definition) is 5. The molecule has 2 unspecified atom stereocenters. The zero-order valence-corrected chi connectivity index (χ0v) is 20.5. The zero-order valence-electron chi connectivity index (χ0n) is 20.5. The number of aromatic nitrogens is 2.